The van der Waals surface area contributed by atoms with E-state index in [1.165, 1.54) is 43.5 Å². The molecule has 0 fully saturated rings. The summed E-state index contributed by atoms with van der Waals surface area (Å²) in [6.07, 6.45) is 1.28. The van der Waals surface area contributed by atoms with E-state index in [1.807, 2.05) is 0 Å². The molecule has 8 heteroatoms. The highest BCUT2D eigenvalue weighted by Crippen LogP contribution is 2.20. The maximum atomic E-state index is 12.9. The Hall–Kier alpha value is -1.77. The number of aromatic nitrogens is 1. The largest absolute Gasteiger partial charge is 0.384 e. The molecule has 6 nitrogen and oxygen atoms in total. The van der Waals surface area contributed by atoms with Crippen molar-refractivity contribution in [2.75, 3.05) is 6.54 Å². The monoisotopic (exact) mass is 314 g/mol. The quantitative estimate of drug-likeness (QED) is 0.834. The first kappa shape index (κ1) is 15.6. The van der Waals surface area contributed by atoms with Gasteiger partial charge in [0.05, 0.1) is 5.69 Å². The van der Waals surface area contributed by atoms with E-state index in [4.69, 9.17) is 0 Å². The highest BCUT2D eigenvalue weighted by Gasteiger charge is 2.26. The van der Waals surface area contributed by atoms with Gasteiger partial charge in [-0.2, -0.15) is 0 Å². The standard InChI is InChI=1S/C13H15FN2O4S/c1-13(17,10-2-4-11(14)5-3-10)9-15-21(18,19)8-12-6-7-20-16-12/h2-7,15,17H,8-9H2,1H3. The molecule has 0 aliphatic rings. The van der Waals surface area contributed by atoms with Crippen molar-refractivity contribution in [3.8, 4) is 0 Å². The van der Waals surface area contributed by atoms with Gasteiger partial charge in [-0.15, -0.1) is 0 Å². The summed E-state index contributed by atoms with van der Waals surface area (Å²) < 4.78 is 43.4. The number of aliphatic hydroxyl groups is 1. The van der Waals surface area contributed by atoms with Crippen LogP contribution in [0, 0.1) is 5.82 Å². The molecule has 2 rings (SSSR count). The van der Waals surface area contributed by atoms with Crippen LogP contribution in [-0.4, -0.2) is 25.2 Å². The summed E-state index contributed by atoms with van der Waals surface area (Å²) in [6, 6.07) is 6.65. The molecule has 0 amide bonds. The normalized spacial score (nSPS) is 14.8. The summed E-state index contributed by atoms with van der Waals surface area (Å²) in [4.78, 5) is 0. The van der Waals surface area contributed by atoms with Crippen molar-refractivity contribution in [3.63, 3.8) is 0 Å². The van der Waals surface area contributed by atoms with E-state index >= 15 is 0 Å². The molecule has 0 spiro atoms. The lowest BCUT2D eigenvalue weighted by atomic mass is 9.96. The lowest BCUT2D eigenvalue weighted by molar-refractivity contribution is 0.0626. The lowest BCUT2D eigenvalue weighted by Gasteiger charge is -2.24. The molecule has 0 saturated carbocycles. The van der Waals surface area contributed by atoms with Gasteiger partial charge in [0.1, 0.15) is 23.4 Å². The number of halogens is 1. The van der Waals surface area contributed by atoms with Gasteiger partial charge in [0.2, 0.25) is 10.0 Å². The van der Waals surface area contributed by atoms with E-state index in [2.05, 4.69) is 14.4 Å². The fourth-order valence-electron chi connectivity index (χ4n) is 1.72. The molecule has 1 aromatic carbocycles. The van der Waals surface area contributed by atoms with Gasteiger partial charge in [-0.05, 0) is 24.6 Å². The van der Waals surface area contributed by atoms with Crippen LogP contribution in [0.4, 0.5) is 4.39 Å². The van der Waals surface area contributed by atoms with Crippen LogP contribution >= 0.6 is 0 Å². The van der Waals surface area contributed by atoms with Crippen LogP contribution in [0.2, 0.25) is 0 Å². The molecule has 0 saturated heterocycles. The number of hydrogen-bond acceptors (Lipinski definition) is 5. The number of sulfonamides is 1. The van der Waals surface area contributed by atoms with Gasteiger partial charge in [0.15, 0.2) is 0 Å². The first-order valence-electron chi connectivity index (χ1n) is 6.13. The predicted molar refractivity (Wildman–Crippen MR) is 73.1 cm³/mol. The molecular weight excluding hydrogens is 299 g/mol. The number of nitrogens with one attached hydrogen (secondary N) is 1. The molecule has 1 unspecified atom stereocenters. The fourth-order valence-corrected chi connectivity index (χ4v) is 2.86. The maximum absolute atomic E-state index is 12.9. The van der Waals surface area contributed by atoms with Gasteiger partial charge in [-0.3, -0.25) is 0 Å². The van der Waals surface area contributed by atoms with Crippen molar-refractivity contribution in [2.45, 2.75) is 18.3 Å². The van der Waals surface area contributed by atoms with Crippen LogP contribution in [0.5, 0.6) is 0 Å². The topological polar surface area (TPSA) is 92.4 Å². The Balaban J connectivity index is 2.02. The summed E-state index contributed by atoms with van der Waals surface area (Å²) >= 11 is 0. The SMILES string of the molecule is CC(O)(CNS(=O)(=O)Cc1ccon1)c1ccc(F)cc1. The van der Waals surface area contributed by atoms with Crippen LogP contribution < -0.4 is 4.72 Å². The minimum atomic E-state index is -3.66. The number of rotatable bonds is 6. The van der Waals surface area contributed by atoms with Gasteiger partial charge in [0, 0.05) is 12.6 Å². The van der Waals surface area contributed by atoms with E-state index in [0.717, 1.165) is 0 Å². The third-order valence-electron chi connectivity index (χ3n) is 2.93. The van der Waals surface area contributed by atoms with Gasteiger partial charge in [-0.25, -0.2) is 17.5 Å². The second-order valence-corrected chi connectivity index (χ2v) is 6.66. The maximum Gasteiger partial charge on any atom is 0.217 e. The third kappa shape index (κ3) is 4.35. The molecule has 1 atom stereocenters. The van der Waals surface area contributed by atoms with E-state index in [0.29, 0.717) is 5.56 Å². The summed E-state index contributed by atoms with van der Waals surface area (Å²) in [6.45, 7) is 1.21. The molecule has 1 aromatic heterocycles. The smallest absolute Gasteiger partial charge is 0.217 e. The van der Waals surface area contributed by atoms with Crippen LogP contribution in [0.3, 0.4) is 0 Å². The van der Waals surface area contributed by atoms with Crippen LogP contribution in [0.1, 0.15) is 18.2 Å². The highest BCUT2D eigenvalue weighted by molar-refractivity contribution is 7.88. The van der Waals surface area contributed by atoms with Gasteiger partial charge < -0.3 is 9.63 Å². The Morgan fingerprint density at radius 1 is 1.33 bits per heavy atom. The Morgan fingerprint density at radius 2 is 2.00 bits per heavy atom. The first-order chi connectivity index (χ1) is 9.78. The molecule has 1 heterocycles. The molecule has 0 aliphatic carbocycles. The molecule has 2 N–H and O–H groups in total. The zero-order valence-corrected chi connectivity index (χ0v) is 12.1. The van der Waals surface area contributed by atoms with Crippen molar-refractivity contribution in [3.05, 3.63) is 53.7 Å². The molecule has 114 valence electrons. The first-order valence-corrected chi connectivity index (χ1v) is 7.79. The Bertz CT molecular complexity index is 681. The molecule has 21 heavy (non-hydrogen) atoms. The van der Waals surface area contributed by atoms with Gasteiger partial charge in [0.25, 0.3) is 0 Å². The van der Waals surface area contributed by atoms with Crippen molar-refractivity contribution in [1.82, 2.24) is 9.88 Å². The fraction of sp³-hybridized carbons (Fsp3) is 0.308. The number of hydrogen-bond donors (Lipinski definition) is 2. The Morgan fingerprint density at radius 3 is 2.57 bits per heavy atom. The average Bonchev–Trinajstić information content (AvgIpc) is 2.89. The molecule has 0 bridgehead atoms. The zero-order valence-electron chi connectivity index (χ0n) is 11.3. The minimum Gasteiger partial charge on any atom is -0.384 e. The lowest BCUT2D eigenvalue weighted by Crippen LogP contribution is -2.39. The van der Waals surface area contributed by atoms with Crippen molar-refractivity contribution in [1.29, 1.82) is 0 Å². The number of nitrogens with zero attached hydrogens (tertiary/aromatic N) is 1. The van der Waals surface area contributed by atoms with Crippen LogP contribution in [0.15, 0.2) is 41.1 Å². The van der Waals surface area contributed by atoms with E-state index in [-0.39, 0.29) is 18.0 Å². The summed E-state index contributed by atoms with van der Waals surface area (Å²) in [5, 5.41) is 13.8. The molecule has 2 aromatic rings. The third-order valence-corrected chi connectivity index (χ3v) is 4.19. The summed E-state index contributed by atoms with van der Waals surface area (Å²) in [5.74, 6) is -0.774. The van der Waals surface area contributed by atoms with E-state index in [9.17, 15) is 17.9 Å². The average molecular weight is 314 g/mol. The van der Waals surface area contributed by atoms with Crippen LogP contribution in [-0.2, 0) is 21.4 Å². The van der Waals surface area contributed by atoms with E-state index in [1.54, 1.807) is 0 Å². The van der Waals surface area contributed by atoms with Crippen LogP contribution in [0.25, 0.3) is 0 Å². The number of benzene rings is 1. The zero-order chi connectivity index (χ0) is 15.5. The second kappa shape index (κ2) is 5.92. The van der Waals surface area contributed by atoms with Crippen molar-refractivity contribution in [2.24, 2.45) is 0 Å². The minimum absolute atomic E-state index is 0.237. The molecule has 0 radical (unpaired) electrons. The van der Waals surface area contributed by atoms with Crippen molar-refractivity contribution < 1.29 is 22.4 Å². The highest BCUT2D eigenvalue weighted by atomic mass is 32.2. The Kier molecular flexibility index (Phi) is 4.40. The van der Waals surface area contributed by atoms with Crippen molar-refractivity contribution >= 4 is 10.0 Å². The summed E-state index contributed by atoms with van der Waals surface area (Å²) in [7, 11) is -3.66. The molecular formula is C13H15FN2O4S. The predicted octanol–water partition coefficient (Wildman–Crippen LogP) is 1.14. The second-order valence-electron chi connectivity index (χ2n) is 4.85. The van der Waals surface area contributed by atoms with Gasteiger partial charge in [-0.1, -0.05) is 17.3 Å². The van der Waals surface area contributed by atoms with Gasteiger partial charge >= 0.3 is 0 Å². The Labute approximate surface area is 121 Å². The summed E-state index contributed by atoms with van der Waals surface area (Å²) in [5.41, 5.74) is -0.776. The van der Waals surface area contributed by atoms with E-state index < -0.39 is 21.4 Å². The molecule has 0 aliphatic heterocycles.